The highest BCUT2D eigenvalue weighted by Gasteiger charge is 2.27. The molecule has 24 heavy (non-hydrogen) atoms. The fraction of sp³-hybridized carbons (Fsp3) is 0.650. The smallest absolute Gasteiger partial charge is 0.337 e. The van der Waals surface area contributed by atoms with Gasteiger partial charge in [0.1, 0.15) is 0 Å². The van der Waals surface area contributed by atoms with Crippen molar-refractivity contribution in [1.29, 1.82) is 0 Å². The van der Waals surface area contributed by atoms with Gasteiger partial charge in [-0.3, -0.25) is 0 Å². The van der Waals surface area contributed by atoms with Crippen LogP contribution in [-0.4, -0.2) is 48.7 Å². The largest absolute Gasteiger partial charge is 0.478 e. The number of aryl methyl sites for hydroxylation is 1. The van der Waals surface area contributed by atoms with E-state index in [-0.39, 0.29) is 0 Å². The van der Waals surface area contributed by atoms with Gasteiger partial charge in [0.15, 0.2) is 0 Å². The normalized spacial score (nSPS) is 19.3. The zero-order chi connectivity index (χ0) is 16.9. The van der Waals surface area contributed by atoms with Crippen LogP contribution >= 0.6 is 0 Å². The molecule has 1 aromatic carbocycles. The minimum Gasteiger partial charge on any atom is -0.478 e. The number of carbonyl (C=O) groups is 1. The van der Waals surface area contributed by atoms with Crippen LogP contribution in [0.1, 0.15) is 54.9 Å². The Labute approximate surface area is 145 Å². The number of anilines is 1. The zero-order valence-electron chi connectivity index (χ0n) is 14.8. The van der Waals surface area contributed by atoms with E-state index >= 15 is 0 Å². The molecule has 0 unspecified atom stereocenters. The molecule has 4 nitrogen and oxygen atoms in total. The Morgan fingerprint density at radius 2 is 2.04 bits per heavy atom. The van der Waals surface area contributed by atoms with Gasteiger partial charge in [-0.2, -0.15) is 0 Å². The van der Waals surface area contributed by atoms with E-state index in [1.807, 2.05) is 6.07 Å². The molecule has 1 N–H and O–H groups in total. The second kappa shape index (κ2) is 8.02. The second-order valence-electron chi connectivity index (χ2n) is 7.31. The number of piperidine rings is 1. The molecule has 1 aromatic rings. The molecular weight excluding hydrogens is 300 g/mol. The number of para-hydroxylation sites is 1. The number of benzene rings is 1. The molecule has 4 heteroatoms. The number of rotatable bonds is 6. The molecule has 0 aliphatic carbocycles. The molecule has 132 valence electrons. The molecule has 2 aliphatic heterocycles. The van der Waals surface area contributed by atoms with Crippen LogP contribution in [-0.2, 0) is 6.42 Å². The highest BCUT2D eigenvalue weighted by Crippen LogP contribution is 2.33. The Kier molecular flexibility index (Phi) is 5.77. The number of carboxylic acids is 1. The fourth-order valence-corrected chi connectivity index (χ4v) is 4.18. The number of hydrogen-bond acceptors (Lipinski definition) is 3. The van der Waals surface area contributed by atoms with Gasteiger partial charge in [-0.1, -0.05) is 25.5 Å². The van der Waals surface area contributed by atoms with E-state index < -0.39 is 5.97 Å². The number of nitrogens with zero attached hydrogens (tertiary/aromatic N) is 2. The highest BCUT2D eigenvalue weighted by atomic mass is 16.4. The molecule has 0 bridgehead atoms. The monoisotopic (exact) mass is 330 g/mol. The van der Waals surface area contributed by atoms with Gasteiger partial charge in [0, 0.05) is 13.1 Å². The van der Waals surface area contributed by atoms with Gasteiger partial charge < -0.3 is 14.9 Å². The van der Waals surface area contributed by atoms with Crippen LogP contribution in [0.2, 0.25) is 0 Å². The maximum Gasteiger partial charge on any atom is 0.337 e. The van der Waals surface area contributed by atoms with Crippen molar-refractivity contribution >= 4 is 11.7 Å². The Morgan fingerprint density at radius 1 is 1.25 bits per heavy atom. The van der Waals surface area contributed by atoms with Crippen molar-refractivity contribution < 1.29 is 9.90 Å². The van der Waals surface area contributed by atoms with Crippen LogP contribution in [0.15, 0.2) is 18.2 Å². The molecule has 2 aliphatic rings. The summed E-state index contributed by atoms with van der Waals surface area (Å²) < 4.78 is 0. The molecule has 0 saturated carbocycles. The number of hydrogen-bond donors (Lipinski definition) is 1. The van der Waals surface area contributed by atoms with E-state index in [1.54, 1.807) is 6.07 Å². The van der Waals surface area contributed by atoms with Gasteiger partial charge in [0.2, 0.25) is 0 Å². The quantitative estimate of drug-likeness (QED) is 0.865. The maximum atomic E-state index is 11.6. The molecule has 0 radical (unpaired) electrons. The predicted octanol–water partition coefficient (Wildman–Crippen LogP) is 3.65. The zero-order valence-corrected chi connectivity index (χ0v) is 14.8. The highest BCUT2D eigenvalue weighted by molar-refractivity contribution is 5.95. The predicted molar refractivity (Wildman–Crippen MR) is 98.0 cm³/mol. The Bertz CT molecular complexity index is 565. The first-order chi connectivity index (χ1) is 11.7. The van der Waals surface area contributed by atoms with Gasteiger partial charge in [0.25, 0.3) is 0 Å². The van der Waals surface area contributed by atoms with E-state index in [4.69, 9.17) is 0 Å². The maximum absolute atomic E-state index is 11.6. The van der Waals surface area contributed by atoms with Gasteiger partial charge in [-0.25, -0.2) is 4.79 Å². The van der Waals surface area contributed by atoms with Gasteiger partial charge in [-0.15, -0.1) is 0 Å². The van der Waals surface area contributed by atoms with Crippen LogP contribution in [0, 0.1) is 5.92 Å². The molecule has 0 aromatic heterocycles. The van der Waals surface area contributed by atoms with Crippen molar-refractivity contribution in [2.75, 3.05) is 37.6 Å². The average molecular weight is 330 g/mol. The van der Waals surface area contributed by atoms with Crippen molar-refractivity contribution in [3.8, 4) is 0 Å². The Hall–Kier alpha value is -1.55. The third-order valence-electron chi connectivity index (χ3n) is 5.55. The number of likely N-dealkylation sites (tertiary alicyclic amines) is 1. The SMILES string of the molecule is CCCCN1CCC(CN2CCCc3cccc(C(=O)O)c32)CC1. The van der Waals surface area contributed by atoms with Gasteiger partial charge in [0.05, 0.1) is 11.3 Å². The summed E-state index contributed by atoms with van der Waals surface area (Å²) in [6, 6.07) is 5.74. The topological polar surface area (TPSA) is 43.8 Å². The van der Waals surface area contributed by atoms with E-state index in [1.165, 1.54) is 50.9 Å². The number of unbranched alkanes of at least 4 members (excludes halogenated alkanes) is 1. The van der Waals surface area contributed by atoms with E-state index in [2.05, 4.69) is 22.8 Å². The van der Waals surface area contributed by atoms with E-state index in [9.17, 15) is 9.90 Å². The lowest BCUT2D eigenvalue weighted by Gasteiger charge is -2.38. The Balaban J connectivity index is 1.65. The molecule has 1 saturated heterocycles. The summed E-state index contributed by atoms with van der Waals surface area (Å²) in [7, 11) is 0. The number of fused-ring (bicyclic) bond motifs is 1. The first kappa shape index (κ1) is 17.3. The molecule has 0 spiro atoms. The molecule has 2 heterocycles. The molecular formula is C20H30N2O2. The summed E-state index contributed by atoms with van der Waals surface area (Å²) >= 11 is 0. The standard InChI is InChI=1S/C20H30N2O2/c1-2-3-11-21-13-9-16(10-14-21)15-22-12-5-7-17-6-4-8-18(19(17)22)20(23)24/h4,6,8,16H,2-3,5,7,9-15H2,1H3,(H,23,24). The van der Waals surface area contributed by atoms with E-state index in [0.29, 0.717) is 11.5 Å². The summed E-state index contributed by atoms with van der Waals surface area (Å²) in [6.07, 6.45) is 7.18. The van der Waals surface area contributed by atoms with Crippen LogP contribution < -0.4 is 4.90 Å². The first-order valence-electron chi connectivity index (χ1n) is 9.51. The average Bonchev–Trinajstić information content (AvgIpc) is 2.61. The minimum atomic E-state index is -0.798. The lowest BCUT2D eigenvalue weighted by Crippen LogP contribution is -2.41. The molecule has 3 rings (SSSR count). The summed E-state index contributed by atoms with van der Waals surface area (Å²) in [5.41, 5.74) is 2.68. The number of carboxylic acid groups (broad SMARTS) is 1. The fourth-order valence-electron chi connectivity index (χ4n) is 4.18. The molecule has 0 amide bonds. The number of aromatic carboxylic acids is 1. The third-order valence-corrected chi connectivity index (χ3v) is 5.55. The van der Waals surface area contributed by atoms with Crippen molar-refractivity contribution in [2.45, 2.75) is 45.4 Å². The molecule has 0 atom stereocenters. The Morgan fingerprint density at radius 3 is 2.75 bits per heavy atom. The van der Waals surface area contributed by atoms with Crippen molar-refractivity contribution in [3.05, 3.63) is 29.3 Å². The first-order valence-corrected chi connectivity index (χ1v) is 9.51. The van der Waals surface area contributed by atoms with Crippen LogP contribution in [0.25, 0.3) is 0 Å². The van der Waals surface area contributed by atoms with Crippen LogP contribution in [0.5, 0.6) is 0 Å². The second-order valence-corrected chi connectivity index (χ2v) is 7.31. The summed E-state index contributed by atoms with van der Waals surface area (Å²) in [5, 5.41) is 9.55. The third kappa shape index (κ3) is 3.92. The van der Waals surface area contributed by atoms with Crippen molar-refractivity contribution in [3.63, 3.8) is 0 Å². The molecule has 1 fully saturated rings. The lowest BCUT2D eigenvalue weighted by atomic mass is 9.92. The van der Waals surface area contributed by atoms with Gasteiger partial charge in [-0.05, 0) is 69.3 Å². The lowest BCUT2D eigenvalue weighted by molar-refractivity contribution is 0.0697. The summed E-state index contributed by atoms with van der Waals surface area (Å²) in [4.78, 5) is 16.6. The minimum absolute atomic E-state index is 0.479. The van der Waals surface area contributed by atoms with Crippen molar-refractivity contribution in [2.24, 2.45) is 5.92 Å². The van der Waals surface area contributed by atoms with Crippen molar-refractivity contribution in [1.82, 2.24) is 4.90 Å². The van der Waals surface area contributed by atoms with Gasteiger partial charge >= 0.3 is 5.97 Å². The van der Waals surface area contributed by atoms with Crippen LogP contribution in [0.4, 0.5) is 5.69 Å². The summed E-state index contributed by atoms with van der Waals surface area (Å²) in [5.74, 6) is -0.108. The van der Waals surface area contributed by atoms with Crippen LogP contribution in [0.3, 0.4) is 0 Å². The summed E-state index contributed by atoms with van der Waals surface area (Å²) in [6.45, 7) is 7.89. The van der Waals surface area contributed by atoms with E-state index in [0.717, 1.165) is 31.6 Å².